The lowest BCUT2D eigenvalue weighted by Crippen LogP contribution is -2.33. The summed E-state index contributed by atoms with van der Waals surface area (Å²) in [5, 5.41) is 0. The number of urea groups is 1. The van der Waals surface area contributed by atoms with Gasteiger partial charge >= 0.3 is 11.5 Å². The first kappa shape index (κ1) is 23.4. The van der Waals surface area contributed by atoms with Crippen molar-refractivity contribution >= 4 is 27.5 Å². The number of benzene rings is 2. The SMILES string of the molecule is CC1C(=O)N(c2ccc(S(=O)(=O)C(F)(F)F)cc2)C(=O)N1Cc1ccnc(-c2ccccc2)c1. The summed E-state index contributed by atoms with van der Waals surface area (Å²) in [5.74, 6) is -0.575. The van der Waals surface area contributed by atoms with Gasteiger partial charge in [0.15, 0.2) is 0 Å². The fraction of sp³-hybridized carbons (Fsp3) is 0.174. The summed E-state index contributed by atoms with van der Waals surface area (Å²) in [6, 6.07) is 14.9. The number of pyridine rings is 1. The van der Waals surface area contributed by atoms with E-state index in [0.717, 1.165) is 40.3 Å². The van der Waals surface area contributed by atoms with Gasteiger partial charge in [0.05, 0.1) is 16.3 Å². The molecule has 4 rings (SSSR count). The molecule has 3 amide bonds. The zero-order valence-electron chi connectivity index (χ0n) is 17.7. The van der Waals surface area contributed by atoms with Gasteiger partial charge in [0.25, 0.3) is 15.7 Å². The molecule has 11 heteroatoms. The number of anilines is 1. The third-order valence-electron chi connectivity index (χ3n) is 5.44. The summed E-state index contributed by atoms with van der Waals surface area (Å²) >= 11 is 0. The molecule has 2 aromatic carbocycles. The van der Waals surface area contributed by atoms with E-state index < -0.39 is 38.2 Å². The highest BCUT2D eigenvalue weighted by Crippen LogP contribution is 2.33. The van der Waals surface area contributed by atoms with Crippen LogP contribution in [0.3, 0.4) is 0 Å². The van der Waals surface area contributed by atoms with E-state index in [0.29, 0.717) is 5.69 Å². The quantitative estimate of drug-likeness (QED) is 0.496. The van der Waals surface area contributed by atoms with E-state index in [1.54, 1.807) is 25.3 Å². The number of sulfone groups is 1. The molecule has 1 unspecified atom stereocenters. The highest BCUT2D eigenvalue weighted by Gasteiger charge is 2.47. The van der Waals surface area contributed by atoms with Crippen molar-refractivity contribution in [3.05, 3.63) is 78.5 Å². The molecule has 0 saturated carbocycles. The number of imide groups is 1. The Hall–Kier alpha value is -3.73. The number of aromatic nitrogens is 1. The van der Waals surface area contributed by atoms with Crippen molar-refractivity contribution in [1.82, 2.24) is 9.88 Å². The molecule has 3 aromatic rings. The fourth-order valence-electron chi connectivity index (χ4n) is 3.59. The Kier molecular flexibility index (Phi) is 5.90. The predicted octanol–water partition coefficient (Wildman–Crippen LogP) is 4.40. The number of carbonyl (C=O) groups is 2. The predicted molar refractivity (Wildman–Crippen MR) is 117 cm³/mol. The van der Waals surface area contributed by atoms with Gasteiger partial charge in [0.1, 0.15) is 6.04 Å². The average Bonchev–Trinajstić information content (AvgIpc) is 3.02. The molecule has 0 spiro atoms. The molecule has 1 saturated heterocycles. The van der Waals surface area contributed by atoms with Gasteiger partial charge in [0.2, 0.25) is 0 Å². The third kappa shape index (κ3) is 4.14. The van der Waals surface area contributed by atoms with E-state index in [9.17, 15) is 31.2 Å². The van der Waals surface area contributed by atoms with Gasteiger partial charge < -0.3 is 4.90 Å². The molecule has 0 aliphatic carbocycles. The summed E-state index contributed by atoms with van der Waals surface area (Å²) < 4.78 is 61.5. The van der Waals surface area contributed by atoms with Crippen LogP contribution in [-0.4, -0.2) is 41.8 Å². The molecule has 0 radical (unpaired) electrons. The second kappa shape index (κ2) is 8.56. The van der Waals surface area contributed by atoms with Gasteiger partial charge in [-0.15, -0.1) is 0 Å². The Morgan fingerprint density at radius 1 is 0.971 bits per heavy atom. The van der Waals surface area contributed by atoms with Crippen molar-refractivity contribution in [1.29, 1.82) is 0 Å². The van der Waals surface area contributed by atoms with Crippen LogP contribution in [0, 0.1) is 0 Å². The first-order valence-electron chi connectivity index (χ1n) is 10.1. The van der Waals surface area contributed by atoms with E-state index in [1.807, 2.05) is 30.3 Å². The normalized spacial score (nSPS) is 16.9. The maximum Gasteiger partial charge on any atom is 0.501 e. The van der Waals surface area contributed by atoms with Crippen LogP contribution < -0.4 is 4.90 Å². The van der Waals surface area contributed by atoms with Crippen LogP contribution in [0.1, 0.15) is 12.5 Å². The van der Waals surface area contributed by atoms with Gasteiger partial charge in [-0.25, -0.2) is 18.1 Å². The monoisotopic (exact) mass is 489 g/mol. The van der Waals surface area contributed by atoms with Crippen molar-refractivity contribution in [3.63, 3.8) is 0 Å². The topological polar surface area (TPSA) is 87.7 Å². The molecule has 0 bridgehead atoms. The lowest BCUT2D eigenvalue weighted by atomic mass is 10.1. The molecule has 1 atom stereocenters. The van der Waals surface area contributed by atoms with Crippen molar-refractivity contribution < 1.29 is 31.2 Å². The van der Waals surface area contributed by atoms with Gasteiger partial charge in [-0.2, -0.15) is 13.2 Å². The summed E-state index contributed by atoms with van der Waals surface area (Å²) in [6.07, 6.45) is 1.60. The fourth-order valence-corrected chi connectivity index (χ4v) is 4.36. The lowest BCUT2D eigenvalue weighted by molar-refractivity contribution is -0.119. The molecule has 1 aromatic heterocycles. The number of hydrogen-bond donors (Lipinski definition) is 0. The summed E-state index contributed by atoms with van der Waals surface area (Å²) in [6.45, 7) is 1.65. The standard InChI is InChI=1S/C23H18F3N3O4S/c1-15-21(30)29(18-7-9-19(10-8-18)34(32,33)23(24,25)26)22(31)28(15)14-16-11-12-27-20(13-16)17-5-3-2-4-6-17/h2-13,15H,14H2,1H3. The molecule has 1 aliphatic heterocycles. The zero-order valence-corrected chi connectivity index (χ0v) is 18.5. The van der Waals surface area contributed by atoms with Crippen LogP contribution in [0.25, 0.3) is 11.3 Å². The third-order valence-corrected chi connectivity index (χ3v) is 6.94. The molecular formula is C23H18F3N3O4S. The van der Waals surface area contributed by atoms with Crippen LogP contribution in [-0.2, 0) is 21.2 Å². The maximum absolute atomic E-state index is 13.0. The van der Waals surface area contributed by atoms with E-state index in [1.165, 1.54) is 4.90 Å². The van der Waals surface area contributed by atoms with Gasteiger partial charge in [-0.3, -0.25) is 9.78 Å². The molecule has 7 nitrogen and oxygen atoms in total. The van der Waals surface area contributed by atoms with Crippen LogP contribution >= 0.6 is 0 Å². The van der Waals surface area contributed by atoms with E-state index >= 15 is 0 Å². The number of halogens is 3. The van der Waals surface area contributed by atoms with Crippen LogP contribution in [0.4, 0.5) is 23.7 Å². The maximum atomic E-state index is 13.0. The Bertz CT molecular complexity index is 1340. The zero-order chi connectivity index (χ0) is 24.7. The minimum Gasteiger partial charge on any atom is -0.308 e. The van der Waals surface area contributed by atoms with Crippen molar-refractivity contribution in [3.8, 4) is 11.3 Å². The Balaban J connectivity index is 1.58. The molecule has 1 aliphatic rings. The van der Waals surface area contributed by atoms with Crippen molar-refractivity contribution in [2.24, 2.45) is 0 Å². The summed E-state index contributed by atoms with van der Waals surface area (Å²) in [5.41, 5.74) is -3.17. The number of rotatable bonds is 5. The minimum atomic E-state index is -5.54. The number of nitrogens with zero attached hydrogens (tertiary/aromatic N) is 3. The van der Waals surface area contributed by atoms with E-state index in [-0.39, 0.29) is 12.2 Å². The Labute approximate surface area is 193 Å². The smallest absolute Gasteiger partial charge is 0.308 e. The summed E-state index contributed by atoms with van der Waals surface area (Å²) in [7, 11) is -5.54. The Morgan fingerprint density at radius 3 is 2.24 bits per heavy atom. The van der Waals surface area contributed by atoms with Crippen LogP contribution in [0.5, 0.6) is 0 Å². The van der Waals surface area contributed by atoms with Crippen LogP contribution in [0.2, 0.25) is 0 Å². The van der Waals surface area contributed by atoms with Gasteiger partial charge in [-0.05, 0) is 48.9 Å². The number of hydrogen-bond acceptors (Lipinski definition) is 5. The van der Waals surface area contributed by atoms with E-state index in [2.05, 4.69) is 4.98 Å². The second-order valence-corrected chi connectivity index (χ2v) is 9.56. The Morgan fingerprint density at radius 2 is 1.62 bits per heavy atom. The molecule has 1 fully saturated rings. The summed E-state index contributed by atoms with van der Waals surface area (Å²) in [4.78, 5) is 31.4. The average molecular weight is 489 g/mol. The second-order valence-electron chi connectivity index (χ2n) is 7.62. The van der Waals surface area contributed by atoms with Gasteiger partial charge in [0, 0.05) is 18.3 Å². The lowest BCUT2D eigenvalue weighted by Gasteiger charge is -2.20. The van der Waals surface area contributed by atoms with Crippen LogP contribution in [0.15, 0.2) is 77.8 Å². The number of carbonyl (C=O) groups excluding carboxylic acids is 2. The molecule has 34 heavy (non-hydrogen) atoms. The van der Waals surface area contributed by atoms with Crippen molar-refractivity contribution in [2.45, 2.75) is 29.9 Å². The first-order valence-corrected chi connectivity index (χ1v) is 11.6. The highest BCUT2D eigenvalue weighted by atomic mass is 32.2. The van der Waals surface area contributed by atoms with E-state index in [4.69, 9.17) is 0 Å². The largest absolute Gasteiger partial charge is 0.501 e. The first-order chi connectivity index (χ1) is 16.0. The molecule has 176 valence electrons. The molecule has 2 heterocycles. The number of amides is 3. The highest BCUT2D eigenvalue weighted by molar-refractivity contribution is 7.92. The minimum absolute atomic E-state index is 0.0230. The molecular weight excluding hydrogens is 471 g/mol. The number of alkyl halides is 3. The van der Waals surface area contributed by atoms with Crippen molar-refractivity contribution in [2.75, 3.05) is 4.90 Å². The van der Waals surface area contributed by atoms with Gasteiger partial charge in [-0.1, -0.05) is 30.3 Å². The molecule has 0 N–H and O–H groups in total.